The Morgan fingerprint density at radius 1 is 1.36 bits per heavy atom. The van der Waals surface area contributed by atoms with Crippen molar-refractivity contribution in [1.29, 1.82) is 0 Å². The van der Waals surface area contributed by atoms with Crippen LogP contribution in [0.4, 0.5) is 4.79 Å². The van der Waals surface area contributed by atoms with Gasteiger partial charge in [0.15, 0.2) is 0 Å². The zero-order valence-corrected chi connectivity index (χ0v) is 7.81. The molecule has 0 radical (unpaired) electrons. The summed E-state index contributed by atoms with van der Waals surface area (Å²) in [4.78, 5) is 8.86. The van der Waals surface area contributed by atoms with Crippen LogP contribution >= 0.6 is 12.6 Å². The van der Waals surface area contributed by atoms with Crippen LogP contribution in [0.5, 0.6) is 0 Å². The topological polar surface area (TPSA) is 37.3 Å². The van der Waals surface area contributed by atoms with Crippen molar-refractivity contribution in [3.8, 4) is 0 Å². The molecule has 1 aliphatic rings. The van der Waals surface area contributed by atoms with Gasteiger partial charge in [-0.3, -0.25) is 0 Å². The maximum absolute atomic E-state index is 8.86. The van der Waals surface area contributed by atoms with Gasteiger partial charge in [0.1, 0.15) is 0 Å². The van der Waals surface area contributed by atoms with Crippen LogP contribution in [0.15, 0.2) is 0 Å². The molecule has 1 rings (SSSR count). The highest BCUT2D eigenvalue weighted by molar-refractivity contribution is 7.96. The SMILES string of the molecule is CC1CCCCC1.O=C(O)S. The molecule has 0 atom stereocenters. The summed E-state index contributed by atoms with van der Waals surface area (Å²) in [6.45, 7) is 2.36. The quantitative estimate of drug-likeness (QED) is 0.556. The second-order valence-electron chi connectivity index (χ2n) is 3.03. The van der Waals surface area contributed by atoms with Gasteiger partial charge in [0.05, 0.1) is 0 Å². The number of carbonyl (C=O) groups is 1. The van der Waals surface area contributed by atoms with E-state index < -0.39 is 5.30 Å². The fraction of sp³-hybridized carbons (Fsp3) is 0.875. The number of hydrogen-bond donors (Lipinski definition) is 2. The predicted molar refractivity (Wildman–Crippen MR) is 49.3 cm³/mol. The molecule has 0 aromatic carbocycles. The normalized spacial score (nSPS) is 18.4. The van der Waals surface area contributed by atoms with Gasteiger partial charge in [-0.1, -0.05) is 51.7 Å². The predicted octanol–water partition coefficient (Wildman–Crippen LogP) is 3.18. The molecule has 1 N–H and O–H groups in total. The van der Waals surface area contributed by atoms with E-state index in [-0.39, 0.29) is 0 Å². The van der Waals surface area contributed by atoms with Gasteiger partial charge >= 0.3 is 5.30 Å². The molecule has 0 aromatic rings. The summed E-state index contributed by atoms with van der Waals surface area (Å²) < 4.78 is 0. The average molecular weight is 176 g/mol. The first-order valence-electron chi connectivity index (χ1n) is 4.05. The molecule has 0 aliphatic heterocycles. The van der Waals surface area contributed by atoms with Gasteiger partial charge in [0, 0.05) is 0 Å². The third kappa shape index (κ3) is 9.82. The van der Waals surface area contributed by atoms with E-state index in [0.29, 0.717) is 0 Å². The van der Waals surface area contributed by atoms with Crippen molar-refractivity contribution in [2.24, 2.45) is 5.92 Å². The van der Waals surface area contributed by atoms with Crippen LogP contribution in [-0.2, 0) is 0 Å². The van der Waals surface area contributed by atoms with Crippen LogP contribution in [0.1, 0.15) is 39.0 Å². The van der Waals surface area contributed by atoms with Crippen molar-refractivity contribution < 1.29 is 9.90 Å². The minimum absolute atomic E-state index is 1.04. The molecule has 0 aromatic heterocycles. The van der Waals surface area contributed by atoms with Crippen molar-refractivity contribution in [1.82, 2.24) is 0 Å². The lowest BCUT2D eigenvalue weighted by molar-refractivity contribution is 0.222. The third-order valence-corrected chi connectivity index (χ3v) is 1.89. The number of hydrogen-bond acceptors (Lipinski definition) is 1. The van der Waals surface area contributed by atoms with Crippen LogP contribution in [0.3, 0.4) is 0 Å². The summed E-state index contributed by atoms with van der Waals surface area (Å²) in [5.41, 5.74) is 0. The molecule has 0 amide bonds. The lowest BCUT2D eigenvalue weighted by Gasteiger charge is -2.15. The summed E-state index contributed by atoms with van der Waals surface area (Å²) in [5.74, 6) is 1.04. The second kappa shape index (κ2) is 6.53. The maximum atomic E-state index is 8.86. The minimum atomic E-state index is -1.14. The Morgan fingerprint density at radius 3 is 1.91 bits per heavy atom. The highest BCUT2D eigenvalue weighted by Gasteiger charge is 2.05. The Morgan fingerprint density at radius 2 is 1.73 bits per heavy atom. The number of thiol groups is 1. The van der Waals surface area contributed by atoms with E-state index >= 15 is 0 Å². The van der Waals surface area contributed by atoms with Gasteiger partial charge in [-0.25, -0.2) is 4.79 Å². The average Bonchev–Trinajstić information content (AvgIpc) is 1.87. The van der Waals surface area contributed by atoms with E-state index in [1.54, 1.807) is 0 Å². The fourth-order valence-electron chi connectivity index (χ4n) is 1.31. The molecular weight excluding hydrogens is 160 g/mol. The smallest absolute Gasteiger partial charge is 0.361 e. The Bertz CT molecular complexity index is 105. The molecule has 3 heteroatoms. The zero-order valence-electron chi connectivity index (χ0n) is 6.92. The van der Waals surface area contributed by atoms with E-state index in [0.717, 1.165) is 5.92 Å². The molecule has 0 saturated heterocycles. The Hall–Kier alpha value is -0.180. The fourth-order valence-corrected chi connectivity index (χ4v) is 1.31. The van der Waals surface area contributed by atoms with Gasteiger partial charge in [-0.2, -0.15) is 0 Å². The minimum Gasteiger partial charge on any atom is -0.473 e. The van der Waals surface area contributed by atoms with Gasteiger partial charge in [0.25, 0.3) is 0 Å². The van der Waals surface area contributed by atoms with Gasteiger partial charge < -0.3 is 5.11 Å². The molecular formula is C8H16O2S. The zero-order chi connectivity index (χ0) is 8.69. The van der Waals surface area contributed by atoms with Crippen molar-refractivity contribution in [3.05, 3.63) is 0 Å². The van der Waals surface area contributed by atoms with E-state index in [9.17, 15) is 0 Å². The standard InChI is InChI=1S/C7H14.CH2O2S/c1-7-5-3-2-4-6-7;2-1(3)4/h7H,2-6H2,1H3;4H,(H,2,3). The summed E-state index contributed by atoms with van der Waals surface area (Å²) in [7, 11) is 0. The molecule has 1 fully saturated rings. The van der Waals surface area contributed by atoms with Crippen molar-refractivity contribution >= 4 is 17.9 Å². The van der Waals surface area contributed by atoms with Gasteiger partial charge in [-0.15, -0.1) is 0 Å². The van der Waals surface area contributed by atoms with Gasteiger partial charge in [0.2, 0.25) is 0 Å². The molecule has 11 heavy (non-hydrogen) atoms. The summed E-state index contributed by atoms with van der Waals surface area (Å²) in [6.07, 6.45) is 7.44. The number of rotatable bonds is 0. The number of carboxylic acid groups (broad SMARTS) is 1. The largest absolute Gasteiger partial charge is 0.473 e. The first kappa shape index (κ1) is 10.8. The first-order valence-corrected chi connectivity index (χ1v) is 4.49. The summed E-state index contributed by atoms with van der Waals surface area (Å²) in [6, 6.07) is 0. The van der Waals surface area contributed by atoms with Crippen LogP contribution in [0.2, 0.25) is 0 Å². The summed E-state index contributed by atoms with van der Waals surface area (Å²) >= 11 is 2.88. The van der Waals surface area contributed by atoms with Crippen LogP contribution in [0.25, 0.3) is 0 Å². The van der Waals surface area contributed by atoms with Crippen LogP contribution in [0, 0.1) is 5.92 Å². The van der Waals surface area contributed by atoms with Crippen LogP contribution in [-0.4, -0.2) is 10.4 Å². The molecule has 1 aliphatic carbocycles. The van der Waals surface area contributed by atoms with E-state index in [1.165, 1.54) is 32.1 Å². The lowest BCUT2D eigenvalue weighted by Crippen LogP contribution is -1.99. The Balaban J connectivity index is 0.000000218. The molecule has 0 bridgehead atoms. The molecule has 0 spiro atoms. The molecule has 1 saturated carbocycles. The van der Waals surface area contributed by atoms with Gasteiger partial charge in [-0.05, 0) is 5.92 Å². The van der Waals surface area contributed by atoms with Crippen molar-refractivity contribution in [3.63, 3.8) is 0 Å². The maximum Gasteiger partial charge on any atom is 0.361 e. The lowest BCUT2D eigenvalue weighted by atomic mass is 9.91. The van der Waals surface area contributed by atoms with Crippen molar-refractivity contribution in [2.45, 2.75) is 39.0 Å². The molecule has 66 valence electrons. The van der Waals surface area contributed by atoms with Crippen molar-refractivity contribution in [2.75, 3.05) is 0 Å². The highest BCUT2D eigenvalue weighted by atomic mass is 32.1. The monoisotopic (exact) mass is 176 g/mol. The highest BCUT2D eigenvalue weighted by Crippen LogP contribution is 2.21. The Kier molecular flexibility index (Phi) is 6.42. The molecule has 2 nitrogen and oxygen atoms in total. The molecule has 0 unspecified atom stereocenters. The van der Waals surface area contributed by atoms with E-state index in [1.807, 2.05) is 0 Å². The second-order valence-corrected chi connectivity index (χ2v) is 3.41. The summed E-state index contributed by atoms with van der Waals surface area (Å²) in [5, 5.41) is 6.14. The van der Waals surface area contributed by atoms with E-state index in [4.69, 9.17) is 9.90 Å². The van der Waals surface area contributed by atoms with E-state index in [2.05, 4.69) is 19.6 Å². The first-order chi connectivity index (χ1) is 5.13. The third-order valence-electron chi connectivity index (χ3n) is 1.89. The molecule has 0 heterocycles. The Labute approximate surface area is 73.4 Å². The van der Waals surface area contributed by atoms with Crippen LogP contribution < -0.4 is 0 Å².